The van der Waals surface area contributed by atoms with Gasteiger partial charge in [-0.15, -0.1) is 0 Å². The molecule has 0 saturated heterocycles. The first-order chi connectivity index (χ1) is 9.02. The molecule has 0 fully saturated rings. The maximum Gasteiger partial charge on any atom is 0.122 e. The number of nitrogens with zero attached hydrogens (tertiary/aromatic N) is 1. The van der Waals surface area contributed by atoms with E-state index in [4.69, 9.17) is 4.74 Å². The summed E-state index contributed by atoms with van der Waals surface area (Å²) in [6, 6.07) is 9.24. The lowest BCUT2D eigenvalue weighted by atomic mass is 10.0. The minimum absolute atomic E-state index is 0.452. The molecule has 1 aromatic carbocycles. The van der Waals surface area contributed by atoms with E-state index in [1.165, 1.54) is 12.0 Å². The van der Waals surface area contributed by atoms with Gasteiger partial charge in [0, 0.05) is 12.1 Å². The zero-order valence-electron chi connectivity index (χ0n) is 12.9. The highest BCUT2D eigenvalue weighted by Gasteiger charge is 2.10. The van der Waals surface area contributed by atoms with E-state index in [1.54, 1.807) is 7.11 Å². The Morgan fingerprint density at radius 3 is 2.47 bits per heavy atom. The van der Waals surface area contributed by atoms with Crippen LogP contribution < -0.4 is 10.1 Å². The number of ether oxygens (including phenoxy) is 1. The van der Waals surface area contributed by atoms with E-state index in [0.29, 0.717) is 12.1 Å². The van der Waals surface area contributed by atoms with Crippen LogP contribution in [0.25, 0.3) is 0 Å². The van der Waals surface area contributed by atoms with Crippen LogP contribution in [-0.4, -0.2) is 44.7 Å². The van der Waals surface area contributed by atoms with Gasteiger partial charge in [0.25, 0.3) is 0 Å². The second-order valence-corrected chi connectivity index (χ2v) is 5.58. The second kappa shape index (κ2) is 8.18. The summed E-state index contributed by atoms with van der Waals surface area (Å²) in [5.41, 5.74) is 1.27. The van der Waals surface area contributed by atoms with E-state index in [2.05, 4.69) is 50.3 Å². The van der Waals surface area contributed by atoms with Crippen LogP contribution in [0.15, 0.2) is 24.3 Å². The van der Waals surface area contributed by atoms with Crippen LogP contribution >= 0.6 is 0 Å². The Labute approximate surface area is 118 Å². The molecule has 0 bridgehead atoms. The predicted octanol–water partition coefficient (Wildman–Crippen LogP) is 2.56. The van der Waals surface area contributed by atoms with Gasteiger partial charge in [-0.1, -0.05) is 18.2 Å². The largest absolute Gasteiger partial charge is 0.496 e. The van der Waals surface area contributed by atoms with Crippen molar-refractivity contribution in [2.75, 3.05) is 27.7 Å². The van der Waals surface area contributed by atoms with Crippen molar-refractivity contribution in [3.63, 3.8) is 0 Å². The van der Waals surface area contributed by atoms with E-state index >= 15 is 0 Å². The molecule has 108 valence electrons. The fourth-order valence-electron chi connectivity index (χ4n) is 2.28. The number of para-hydroxylation sites is 1. The van der Waals surface area contributed by atoms with Gasteiger partial charge in [-0.3, -0.25) is 0 Å². The molecule has 0 amide bonds. The monoisotopic (exact) mass is 264 g/mol. The molecule has 2 atom stereocenters. The molecule has 0 saturated carbocycles. The predicted molar refractivity (Wildman–Crippen MR) is 81.9 cm³/mol. The third kappa shape index (κ3) is 6.08. The van der Waals surface area contributed by atoms with Gasteiger partial charge in [0.05, 0.1) is 7.11 Å². The number of benzene rings is 1. The molecule has 3 heteroatoms. The first-order valence-electron chi connectivity index (χ1n) is 7.05. The molecule has 0 aliphatic carbocycles. The molecule has 0 aliphatic rings. The van der Waals surface area contributed by atoms with Crippen LogP contribution in [0.1, 0.15) is 25.8 Å². The molecule has 0 radical (unpaired) electrons. The van der Waals surface area contributed by atoms with Crippen LogP contribution in [-0.2, 0) is 6.42 Å². The SMILES string of the molecule is COc1ccccc1CC(C)NC(C)CCN(C)C. The van der Waals surface area contributed by atoms with Gasteiger partial charge in [0.15, 0.2) is 0 Å². The summed E-state index contributed by atoms with van der Waals surface area (Å²) in [4.78, 5) is 2.23. The zero-order chi connectivity index (χ0) is 14.3. The number of rotatable bonds is 8. The first-order valence-corrected chi connectivity index (χ1v) is 7.05. The van der Waals surface area contributed by atoms with Gasteiger partial charge >= 0.3 is 0 Å². The average molecular weight is 264 g/mol. The smallest absolute Gasteiger partial charge is 0.122 e. The fraction of sp³-hybridized carbons (Fsp3) is 0.625. The van der Waals surface area contributed by atoms with Crippen molar-refractivity contribution >= 4 is 0 Å². The highest BCUT2D eigenvalue weighted by atomic mass is 16.5. The van der Waals surface area contributed by atoms with Gasteiger partial charge in [-0.25, -0.2) is 0 Å². The van der Waals surface area contributed by atoms with Crippen molar-refractivity contribution in [2.45, 2.75) is 38.8 Å². The number of hydrogen-bond donors (Lipinski definition) is 1. The maximum atomic E-state index is 5.40. The Balaban J connectivity index is 2.44. The third-order valence-corrected chi connectivity index (χ3v) is 3.30. The fourth-order valence-corrected chi connectivity index (χ4v) is 2.28. The number of methoxy groups -OCH3 is 1. The highest BCUT2D eigenvalue weighted by molar-refractivity contribution is 5.33. The lowest BCUT2D eigenvalue weighted by Gasteiger charge is -2.22. The van der Waals surface area contributed by atoms with Crippen LogP contribution in [0, 0.1) is 0 Å². The van der Waals surface area contributed by atoms with Crippen molar-refractivity contribution < 1.29 is 4.74 Å². The van der Waals surface area contributed by atoms with E-state index in [9.17, 15) is 0 Å². The zero-order valence-corrected chi connectivity index (χ0v) is 12.9. The molecule has 0 spiro atoms. The Hall–Kier alpha value is -1.06. The molecule has 1 rings (SSSR count). The highest BCUT2D eigenvalue weighted by Crippen LogP contribution is 2.19. The van der Waals surface area contributed by atoms with Crippen LogP contribution in [0.5, 0.6) is 5.75 Å². The van der Waals surface area contributed by atoms with Crippen molar-refractivity contribution in [3.05, 3.63) is 29.8 Å². The van der Waals surface area contributed by atoms with Gasteiger partial charge < -0.3 is 15.0 Å². The van der Waals surface area contributed by atoms with Crippen molar-refractivity contribution in [1.82, 2.24) is 10.2 Å². The topological polar surface area (TPSA) is 24.5 Å². The Kier molecular flexibility index (Phi) is 6.89. The summed E-state index contributed by atoms with van der Waals surface area (Å²) in [6.45, 7) is 5.61. The molecule has 3 nitrogen and oxygen atoms in total. The minimum atomic E-state index is 0.452. The van der Waals surface area contributed by atoms with Crippen LogP contribution in [0.3, 0.4) is 0 Å². The lowest BCUT2D eigenvalue weighted by Crippen LogP contribution is -2.37. The normalized spacial score (nSPS) is 14.4. The molecule has 19 heavy (non-hydrogen) atoms. The Morgan fingerprint density at radius 2 is 1.84 bits per heavy atom. The summed E-state index contributed by atoms with van der Waals surface area (Å²) in [7, 11) is 5.96. The lowest BCUT2D eigenvalue weighted by molar-refractivity contribution is 0.350. The van der Waals surface area contributed by atoms with E-state index in [-0.39, 0.29) is 0 Å². The molecular formula is C16H28N2O. The van der Waals surface area contributed by atoms with E-state index in [0.717, 1.165) is 18.7 Å². The van der Waals surface area contributed by atoms with Crippen LogP contribution in [0.4, 0.5) is 0 Å². The van der Waals surface area contributed by atoms with E-state index in [1.807, 2.05) is 12.1 Å². The summed E-state index contributed by atoms with van der Waals surface area (Å²) >= 11 is 0. The van der Waals surface area contributed by atoms with Crippen LogP contribution in [0.2, 0.25) is 0 Å². The number of hydrogen-bond acceptors (Lipinski definition) is 3. The minimum Gasteiger partial charge on any atom is -0.496 e. The van der Waals surface area contributed by atoms with Gasteiger partial charge in [-0.2, -0.15) is 0 Å². The summed E-state index contributed by atoms with van der Waals surface area (Å²) in [5, 5.41) is 3.65. The summed E-state index contributed by atoms with van der Waals surface area (Å²) < 4.78 is 5.40. The summed E-state index contributed by atoms with van der Waals surface area (Å²) in [5.74, 6) is 0.983. The van der Waals surface area contributed by atoms with Gasteiger partial charge in [-0.05, 0) is 59.0 Å². The average Bonchev–Trinajstić information content (AvgIpc) is 2.37. The molecule has 0 aromatic heterocycles. The van der Waals surface area contributed by atoms with Gasteiger partial charge in [0.1, 0.15) is 5.75 Å². The molecule has 1 N–H and O–H groups in total. The molecule has 2 unspecified atom stereocenters. The Morgan fingerprint density at radius 1 is 1.16 bits per heavy atom. The molecular weight excluding hydrogens is 236 g/mol. The maximum absolute atomic E-state index is 5.40. The quantitative estimate of drug-likeness (QED) is 0.781. The second-order valence-electron chi connectivity index (χ2n) is 5.58. The molecule has 0 aliphatic heterocycles. The molecule has 1 aromatic rings. The summed E-state index contributed by atoms with van der Waals surface area (Å²) in [6.07, 6.45) is 2.17. The van der Waals surface area contributed by atoms with Crippen molar-refractivity contribution in [2.24, 2.45) is 0 Å². The van der Waals surface area contributed by atoms with Crippen molar-refractivity contribution in [3.8, 4) is 5.75 Å². The molecule has 0 heterocycles. The standard InChI is InChI=1S/C16H28N2O/c1-13(10-11-18(3)4)17-14(2)12-15-8-6-7-9-16(15)19-5/h6-9,13-14,17H,10-12H2,1-5H3. The first kappa shape index (κ1) is 16.0. The van der Waals surface area contributed by atoms with E-state index < -0.39 is 0 Å². The Bertz CT molecular complexity index is 366. The third-order valence-electron chi connectivity index (χ3n) is 3.30. The van der Waals surface area contributed by atoms with Crippen molar-refractivity contribution in [1.29, 1.82) is 0 Å². The number of nitrogens with one attached hydrogen (secondary N) is 1. The van der Waals surface area contributed by atoms with Gasteiger partial charge in [0.2, 0.25) is 0 Å².